The highest BCUT2D eigenvalue weighted by Crippen LogP contribution is 2.47. The van der Waals surface area contributed by atoms with Crippen LogP contribution >= 0.6 is 11.3 Å². The van der Waals surface area contributed by atoms with Crippen molar-refractivity contribution in [3.63, 3.8) is 0 Å². The largest absolute Gasteiger partial charge is 0.507 e. The molecule has 1 aliphatic heterocycles. The van der Waals surface area contributed by atoms with Crippen molar-refractivity contribution >= 4 is 39.9 Å². The lowest BCUT2D eigenvalue weighted by Crippen LogP contribution is -2.29. The van der Waals surface area contributed by atoms with Crippen molar-refractivity contribution in [2.75, 3.05) is 33.3 Å². The van der Waals surface area contributed by atoms with Gasteiger partial charge in [0.15, 0.2) is 5.13 Å². The molecule has 10 nitrogen and oxygen atoms in total. The van der Waals surface area contributed by atoms with Crippen LogP contribution in [0.3, 0.4) is 0 Å². The van der Waals surface area contributed by atoms with Gasteiger partial charge in [0.1, 0.15) is 33.9 Å². The minimum atomic E-state index is -1.14. The van der Waals surface area contributed by atoms with E-state index in [4.69, 9.17) is 18.9 Å². The van der Waals surface area contributed by atoms with Crippen molar-refractivity contribution in [1.82, 2.24) is 4.98 Å². The number of hydrogen-bond acceptors (Lipinski definition) is 10. The number of aliphatic hydroxyl groups excluding tert-OH is 1. The number of aryl methyl sites for hydroxylation is 2. The number of thiazole rings is 1. The number of esters is 1. The molecule has 2 aromatic carbocycles. The summed E-state index contributed by atoms with van der Waals surface area (Å²) in [5, 5.41) is 11.6. The molecular formula is C27H26N2O8S. The van der Waals surface area contributed by atoms with Gasteiger partial charge in [0.05, 0.1) is 39.7 Å². The minimum absolute atomic E-state index is 0.0883. The fourth-order valence-electron chi connectivity index (χ4n) is 4.32. The first-order valence-electron chi connectivity index (χ1n) is 11.4. The van der Waals surface area contributed by atoms with Gasteiger partial charge in [0, 0.05) is 11.1 Å². The number of benzene rings is 2. The van der Waals surface area contributed by atoms with Crippen LogP contribution in [0, 0.1) is 13.8 Å². The normalized spacial score (nSPS) is 16.5. The molecule has 11 heteroatoms. The molecule has 0 bridgehead atoms. The summed E-state index contributed by atoms with van der Waals surface area (Å²) in [5.74, 6) is -1.47. The lowest BCUT2D eigenvalue weighted by atomic mass is 9.93. The zero-order chi connectivity index (χ0) is 27.7. The van der Waals surface area contributed by atoms with Crippen LogP contribution in [-0.2, 0) is 14.3 Å². The monoisotopic (exact) mass is 538 g/mol. The number of Topliss-reactive ketones (excluding diaryl/α,β-unsaturated/α-hetero) is 1. The van der Waals surface area contributed by atoms with Gasteiger partial charge in [0.2, 0.25) is 0 Å². The van der Waals surface area contributed by atoms with E-state index in [1.807, 2.05) is 0 Å². The number of hydrogen-bond donors (Lipinski definition) is 1. The molecule has 1 N–H and O–H groups in total. The Hall–Kier alpha value is -4.38. The molecule has 0 radical (unpaired) electrons. The van der Waals surface area contributed by atoms with Crippen molar-refractivity contribution in [2.45, 2.75) is 19.9 Å². The highest BCUT2D eigenvalue weighted by Gasteiger charge is 2.49. The van der Waals surface area contributed by atoms with Gasteiger partial charge in [-0.3, -0.25) is 14.5 Å². The SMILES string of the molecule is COC(=O)c1sc(N2C(=O)C(=O)/C(=C(/O)c3ccc(OC)cc3C)C2c2cc(OC)ccc2OC)nc1C. The molecule has 1 aromatic heterocycles. The van der Waals surface area contributed by atoms with Gasteiger partial charge in [-0.05, 0) is 55.8 Å². The Balaban J connectivity index is 2.02. The van der Waals surface area contributed by atoms with E-state index in [-0.39, 0.29) is 21.3 Å². The fraction of sp³-hybridized carbons (Fsp3) is 0.259. The third-order valence-electron chi connectivity index (χ3n) is 6.23. The van der Waals surface area contributed by atoms with Gasteiger partial charge in [-0.2, -0.15) is 0 Å². The van der Waals surface area contributed by atoms with E-state index in [9.17, 15) is 19.5 Å². The molecule has 2 heterocycles. The fourth-order valence-corrected chi connectivity index (χ4v) is 5.33. The number of carbonyl (C=O) groups is 3. The predicted molar refractivity (Wildman–Crippen MR) is 140 cm³/mol. The zero-order valence-corrected chi connectivity index (χ0v) is 22.5. The van der Waals surface area contributed by atoms with Crippen molar-refractivity contribution in [1.29, 1.82) is 0 Å². The second-order valence-electron chi connectivity index (χ2n) is 8.36. The number of ketones is 1. The molecule has 1 unspecified atom stereocenters. The molecule has 3 aromatic rings. The van der Waals surface area contributed by atoms with Crippen molar-refractivity contribution in [2.24, 2.45) is 0 Å². The summed E-state index contributed by atoms with van der Waals surface area (Å²) in [6.07, 6.45) is 0. The molecule has 1 fully saturated rings. The Labute approximate surface area is 223 Å². The number of aliphatic hydroxyl groups is 1. The van der Waals surface area contributed by atoms with Gasteiger partial charge < -0.3 is 24.1 Å². The molecule has 0 spiro atoms. The lowest BCUT2D eigenvalue weighted by Gasteiger charge is -2.25. The lowest BCUT2D eigenvalue weighted by molar-refractivity contribution is -0.132. The summed E-state index contributed by atoms with van der Waals surface area (Å²) in [5.41, 5.74) is 1.53. The Morgan fingerprint density at radius 2 is 1.63 bits per heavy atom. The molecule has 1 amide bonds. The van der Waals surface area contributed by atoms with E-state index in [0.717, 1.165) is 16.2 Å². The number of rotatable bonds is 7. The molecule has 0 aliphatic carbocycles. The van der Waals surface area contributed by atoms with Crippen molar-refractivity contribution < 1.29 is 38.4 Å². The van der Waals surface area contributed by atoms with E-state index < -0.39 is 23.7 Å². The Morgan fingerprint density at radius 3 is 2.24 bits per heavy atom. The highest BCUT2D eigenvalue weighted by atomic mass is 32.1. The molecule has 1 aliphatic rings. The molecule has 1 atom stereocenters. The number of nitrogens with zero attached hydrogens (tertiary/aromatic N) is 2. The van der Waals surface area contributed by atoms with Gasteiger partial charge >= 0.3 is 11.9 Å². The number of carbonyl (C=O) groups excluding carboxylic acids is 3. The first-order chi connectivity index (χ1) is 18.2. The summed E-state index contributed by atoms with van der Waals surface area (Å²) in [4.78, 5) is 45.1. The summed E-state index contributed by atoms with van der Waals surface area (Å²) in [6.45, 7) is 3.35. The summed E-state index contributed by atoms with van der Waals surface area (Å²) >= 11 is 0.909. The van der Waals surface area contributed by atoms with Crippen LogP contribution in [0.5, 0.6) is 17.2 Å². The quantitative estimate of drug-likeness (QED) is 0.204. The van der Waals surface area contributed by atoms with Gasteiger partial charge in [-0.25, -0.2) is 9.78 Å². The molecule has 4 rings (SSSR count). The molecule has 38 heavy (non-hydrogen) atoms. The number of methoxy groups -OCH3 is 4. The van der Waals surface area contributed by atoms with Crippen molar-refractivity contribution in [3.8, 4) is 17.2 Å². The van der Waals surface area contributed by atoms with Crippen LogP contribution in [0.2, 0.25) is 0 Å². The molecule has 198 valence electrons. The molecule has 0 saturated carbocycles. The van der Waals surface area contributed by atoms with Crippen LogP contribution in [0.1, 0.15) is 38.1 Å². The highest BCUT2D eigenvalue weighted by molar-refractivity contribution is 7.17. The number of aromatic nitrogens is 1. The average molecular weight is 539 g/mol. The number of ether oxygens (including phenoxy) is 4. The third-order valence-corrected chi connectivity index (χ3v) is 7.36. The third kappa shape index (κ3) is 4.45. The van der Waals surface area contributed by atoms with Gasteiger partial charge in [0.25, 0.3) is 5.78 Å². The Kier molecular flexibility index (Phi) is 7.40. The van der Waals surface area contributed by atoms with E-state index >= 15 is 0 Å². The maximum atomic E-state index is 13.5. The zero-order valence-electron chi connectivity index (χ0n) is 21.6. The topological polar surface area (TPSA) is 124 Å². The summed E-state index contributed by atoms with van der Waals surface area (Å²) in [6, 6.07) is 8.76. The van der Waals surface area contributed by atoms with Gasteiger partial charge in [-0.15, -0.1) is 0 Å². The van der Waals surface area contributed by atoms with Crippen LogP contribution in [-0.4, -0.2) is 56.2 Å². The smallest absolute Gasteiger partial charge is 0.350 e. The molecule has 1 saturated heterocycles. The number of amides is 1. The first-order valence-corrected chi connectivity index (χ1v) is 12.2. The van der Waals surface area contributed by atoms with Crippen LogP contribution in [0.25, 0.3) is 5.76 Å². The first kappa shape index (κ1) is 26.7. The van der Waals surface area contributed by atoms with Crippen LogP contribution in [0.4, 0.5) is 5.13 Å². The average Bonchev–Trinajstić information content (AvgIpc) is 3.43. The van der Waals surface area contributed by atoms with Crippen LogP contribution < -0.4 is 19.1 Å². The second-order valence-corrected chi connectivity index (χ2v) is 9.34. The van der Waals surface area contributed by atoms with Crippen molar-refractivity contribution in [3.05, 3.63) is 69.2 Å². The van der Waals surface area contributed by atoms with Crippen LogP contribution in [0.15, 0.2) is 42.0 Å². The van der Waals surface area contributed by atoms with E-state index in [0.29, 0.717) is 39.6 Å². The number of anilines is 1. The molecular weight excluding hydrogens is 512 g/mol. The maximum absolute atomic E-state index is 13.5. The van der Waals surface area contributed by atoms with E-state index in [2.05, 4.69) is 4.98 Å². The summed E-state index contributed by atoms with van der Waals surface area (Å²) < 4.78 is 21.0. The summed E-state index contributed by atoms with van der Waals surface area (Å²) in [7, 11) is 5.70. The standard InChI is InChI=1S/C27H26N2O8S/c1-13-11-15(34-3)7-9-17(13)22(30)20-21(18-12-16(35-4)8-10-19(18)36-5)29(25(32)23(20)31)27-28-14(2)24(38-27)26(33)37-6/h7-12,21,30H,1-6H3/b22-20+. The van der Waals surface area contributed by atoms with Gasteiger partial charge in [-0.1, -0.05) is 11.3 Å². The second kappa shape index (κ2) is 10.5. The Morgan fingerprint density at radius 1 is 0.974 bits per heavy atom. The van der Waals surface area contributed by atoms with E-state index in [1.54, 1.807) is 50.2 Å². The minimum Gasteiger partial charge on any atom is -0.507 e. The Bertz CT molecular complexity index is 1480. The van der Waals surface area contributed by atoms with E-state index in [1.165, 1.54) is 28.4 Å². The predicted octanol–water partition coefficient (Wildman–Crippen LogP) is 4.20. The maximum Gasteiger partial charge on any atom is 0.350 e.